The summed E-state index contributed by atoms with van der Waals surface area (Å²) in [6, 6.07) is 0. The summed E-state index contributed by atoms with van der Waals surface area (Å²) in [5.41, 5.74) is 0. The molecule has 0 bridgehead atoms. The van der Waals surface area contributed by atoms with Crippen LogP contribution in [-0.4, -0.2) is 34.2 Å². The van der Waals surface area contributed by atoms with Crippen molar-refractivity contribution in [1.82, 2.24) is 0 Å². The van der Waals surface area contributed by atoms with Crippen LogP contribution in [0.2, 0.25) is 0 Å². The molecule has 0 saturated carbocycles. The minimum Gasteiger partial charge on any atom is -0.125 e. The van der Waals surface area contributed by atoms with E-state index in [0.29, 0.717) is 23.5 Å². The Hall–Kier alpha value is 2.12. The Morgan fingerprint density at radius 2 is 0.750 bits per heavy atom. The second-order valence-corrected chi connectivity index (χ2v) is 4.23. The highest BCUT2D eigenvalue weighted by Crippen LogP contribution is 1.82. The van der Waals surface area contributed by atoms with Crippen LogP contribution in [0.3, 0.4) is 0 Å². The number of hydrogen-bond donors (Lipinski definition) is 0. The molecule has 0 heterocycles. The Balaban J connectivity index is -0.000000101. The highest BCUT2D eigenvalue weighted by Gasteiger charge is 1.62. The summed E-state index contributed by atoms with van der Waals surface area (Å²) in [6.45, 7) is 0. The molecular formula is C6H12Br2Cl4. The molecule has 0 amide bonds. The zero-order valence-corrected chi connectivity index (χ0v) is 12.7. The van der Waals surface area contributed by atoms with E-state index < -0.39 is 0 Å². The van der Waals surface area contributed by atoms with Crippen molar-refractivity contribution in [3.8, 4) is 0 Å². The molecule has 0 saturated heterocycles. The predicted molar refractivity (Wildman–Crippen MR) is 70.5 cm³/mol. The molecule has 0 aromatic rings. The van der Waals surface area contributed by atoms with E-state index in [0.717, 1.165) is 10.7 Å². The standard InChI is InChI=1S/C2H4Br2.2C2H4Cl2/c3*3-1-2-4/h3*1-2H2. The molecule has 0 aliphatic carbocycles. The first-order valence-corrected chi connectivity index (χ1v) is 7.48. The van der Waals surface area contributed by atoms with Crippen molar-refractivity contribution in [2.75, 3.05) is 34.2 Å². The van der Waals surface area contributed by atoms with E-state index in [4.69, 9.17) is 46.4 Å². The normalized spacial score (nSPS) is 7.50. The smallest absolute Gasteiger partial charge is 0.0359 e. The molecule has 0 aromatic heterocycles. The van der Waals surface area contributed by atoms with Gasteiger partial charge in [-0.1, -0.05) is 31.9 Å². The lowest BCUT2D eigenvalue weighted by Crippen LogP contribution is -1.63. The second-order valence-electron chi connectivity index (χ2n) is 1.13. The average molecular weight is 386 g/mol. The summed E-state index contributed by atoms with van der Waals surface area (Å²) >= 11 is 26.6. The SMILES string of the molecule is BrCCBr.ClCCCl.ClCCCl. The van der Waals surface area contributed by atoms with Gasteiger partial charge in [0.25, 0.3) is 0 Å². The zero-order valence-electron chi connectivity index (χ0n) is 6.51. The van der Waals surface area contributed by atoms with E-state index in [-0.39, 0.29) is 0 Å². The third-order valence-corrected chi connectivity index (χ3v) is 3.21. The molecule has 0 nitrogen and oxygen atoms in total. The van der Waals surface area contributed by atoms with Crippen LogP contribution in [0.4, 0.5) is 0 Å². The molecule has 0 rings (SSSR count). The van der Waals surface area contributed by atoms with Gasteiger partial charge in [-0.3, -0.25) is 0 Å². The summed E-state index contributed by atoms with van der Waals surface area (Å²) in [7, 11) is 0. The molecule has 0 radical (unpaired) electrons. The quantitative estimate of drug-likeness (QED) is 0.617. The van der Waals surface area contributed by atoms with Gasteiger partial charge in [-0.2, -0.15) is 0 Å². The van der Waals surface area contributed by atoms with Gasteiger partial charge in [0.1, 0.15) is 0 Å². The van der Waals surface area contributed by atoms with Crippen LogP contribution in [-0.2, 0) is 0 Å². The first-order valence-electron chi connectivity index (χ1n) is 3.10. The molecule has 78 valence electrons. The molecule has 0 N–H and O–H groups in total. The Labute approximate surface area is 112 Å². The fraction of sp³-hybridized carbons (Fsp3) is 1.00. The maximum atomic E-state index is 5.05. The molecule has 0 fully saturated rings. The van der Waals surface area contributed by atoms with Gasteiger partial charge in [0, 0.05) is 34.2 Å². The summed E-state index contributed by atoms with van der Waals surface area (Å²) in [6.07, 6.45) is 0. The lowest BCUT2D eigenvalue weighted by Gasteiger charge is -1.63. The van der Waals surface area contributed by atoms with E-state index in [9.17, 15) is 0 Å². The highest BCUT2D eigenvalue weighted by molar-refractivity contribution is 9.11. The summed E-state index contributed by atoms with van der Waals surface area (Å²) < 4.78 is 0. The first kappa shape index (κ1) is 19.7. The van der Waals surface area contributed by atoms with E-state index in [2.05, 4.69) is 31.9 Å². The lowest BCUT2D eigenvalue weighted by molar-refractivity contribution is 1.52. The van der Waals surface area contributed by atoms with Crippen LogP contribution < -0.4 is 0 Å². The van der Waals surface area contributed by atoms with Gasteiger partial charge in [-0.25, -0.2) is 0 Å². The third-order valence-electron chi connectivity index (χ3n) is 0.214. The molecular weight excluding hydrogens is 374 g/mol. The van der Waals surface area contributed by atoms with E-state index >= 15 is 0 Å². The van der Waals surface area contributed by atoms with Crippen molar-refractivity contribution in [3.05, 3.63) is 0 Å². The molecule has 0 aliphatic rings. The highest BCUT2D eigenvalue weighted by atomic mass is 79.9. The van der Waals surface area contributed by atoms with Gasteiger partial charge in [0.05, 0.1) is 0 Å². The monoisotopic (exact) mass is 382 g/mol. The van der Waals surface area contributed by atoms with Gasteiger partial charge in [-0.15, -0.1) is 46.4 Å². The Bertz CT molecular complexity index is 33.0. The lowest BCUT2D eigenvalue weighted by atomic mass is 11.0. The van der Waals surface area contributed by atoms with Crippen LogP contribution in [0, 0.1) is 0 Å². The maximum Gasteiger partial charge on any atom is 0.0359 e. The summed E-state index contributed by atoms with van der Waals surface area (Å²) in [4.78, 5) is 0. The Morgan fingerprint density at radius 3 is 0.750 bits per heavy atom. The van der Waals surface area contributed by atoms with Gasteiger partial charge >= 0.3 is 0 Å². The number of alkyl halides is 6. The number of halogens is 6. The van der Waals surface area contributed by atoms with Crippen molar-refractivity contribution in [1.29, 1.82) is 0 Å². The second kappa shape index (κ2) is 29.2. The largest absolute Gasteiger partial charge is 0.125 e. The Kier molecular flexibility index (Phi) is 47.9. The maximum absolute atomic E-state index is 5.05. The molecule has 0 aromatic carbocycles. The van der Waals surface area contributed by atoms with Crippen LogP contribution >= 0.6 is 78.3 Å². The molecule has 6 heteroatoms. The minimum atomic E-state index is 0.557. The predicted octanol–water partition coefficient (Wildman–Crippen LogP) is 4.70. The molecule has 12 heavy (non-hydrogen) atoms. The van der Waals surface area contributed by atoms with Gasteiger partial charge in [0.15, 0.2) is 0 Å². The number of hydrogen-bond acceptors (Lipinski definition) is 0. The number of rotatable bonds is 3. The topological polar surface area (TPSA) is 0 Å². The van der Waals surface area contributed by atoms with E-state index in [1.165, 1.54) is 0 Å². The van der Waals surface area contributed by atoms with Crippen molar-refractivity contribution in [2.24, 2.45) is 0 Å². The van der Waals surface area contributed by atoms with Crippen molar-refractivity contribution in [2.45, 2.75) is 0 Å². The first-order chi connectivity index (χ1) is 5.74. The molecule has 0 unspecified atom stereocenters. The van der Waals surface area contributed by atoms with Crippen LogP contribution in [0.15, 0.2) is 0 Å². The summed E-state index contributed by atoms with van der Waals surface area (Å²) in [5, 5.41) is 2.10. The fourth-order valence-electron chi connectivity index (χ4n) is 0. The van der Waals surface area contributed by atoms with Crippen molar-refractivity contribution < 1.29 is 0 Å². The van der Waals surface area contributed by atoms with Gasteiger partial charge in [-0.05, 0) is 0 Å². The summed E-state index contributed by atoms with van der Waals surface area (Å²) in [5.74, 6) is 2.23. The Morgan fingerprint density at radius 1 is 0.583 bits per heavy atom. The third kappa shape index (κ3) is 57.2. The van der Waals surface area contributed by atoms with Crippen LogP contribution in [0.5, 0.6) is 0 Å². The molecule has 0 aliphatic heterocycles. The van der Waals surface area contributed by atoms with Crippen LogP contribution in [0.1, 0.15) is 0 Å². The molecule has 0 atom stereocenters. The fourth-order valence-corrected chi connectivity index (χ4v) is 0. The average Bonchev–Trinajstić information content (AvgIpc) is 2.18. The minimum absolute atomic E-state index is 0.557. The van der Waals surface area contributed by atoms with E-state index in [1.807, 2.05) is 0 Å². The van der Waals surface area contributed by atoms with E-state index in [1.54, 1.807) is 0 Å². The van der Waals surface area contributed by atoms with Crippen molar-refractivity contribution in [3.63, 3.8) is 0 Å². The van der Waals surface area contributed by atoms with Gasteiger partial charge in [0.2, 0.25) is 0 Å². The zero-order chi connectivity index (χ0) is 10.2. The van der Waals surface area contributed by atoms with Crippen LogP contribution in [0.25, 0.3) is 0 Å². The van der Waals surface area contributed by atoms with Gasteiger partial charge < -0.3 is 0 Å². The van der Waals surface area contributed by atoms with Crippen molar-refractivity contribution >= 4 is 78.3 Å². The molecule has 0 spiro atoms.